The van der Waals surface area contributed by atoms with E-state index in [2.05, 4.69) is 27.4 Å². The van der Waals surface area contributed by atoms with Crippen LogP contribution in [-0.2, 0) is 4.52 Å². The second-order valence-corrected chi connectivity index (χ2v) is 7.93. The average molecular weight is 175 g/mol. The van der Waals surface area contributed by atoms with Crippen molar-refractivity contribution in [2.75, 3.05) is 12.8 Å². The normalized spacial score (nSPS) is 38.5. The van der Waals surface area contributed by atoms with Crippen molar-refractivity contribution in [3.63, 3.8) is 0 Å². The summed E-state index contributed by atoms with van der Waals surface area (Å²) in [6, 6.07) is 0. The van der Waals surface area contributed by atoms with E-state index in [-0.39, 0.29) is 0 Å². The van der Waals surface area contributed by atoms with Gasteiger partial charge < -0.3 is 0 Å². The molecule has 1 aliphatic rings. The van der Waals surface area contributed by atoms with Gasteiger partial charge in [0.15, 0.2) is 0 Å². The Labute approximate surface area is 70.9 Å². The molecule has 11 heavy (non-hydrogen) atoms. The van der Waals surface area contributed by atoms with Crippen LogP contribution in [0, 0.1) is 0 Å². The Morgan fingerprint density at radius 2 is 2.09 bits per heavy atom. The lowest BCUT2D eigenvalue weighted by atomic mass is 10.3. The molecule has 1 rings (SSSR count). The van der Waals surface area contributed by atoms with Crippen LogP contribution in [0.4, 0.5) is 0 Å². The zero-order valence-electron chi connectivity index (χ0n) is 8.13. The number of hydrogen-bond acceptors (Lipinski definition) is 1. The van der Waals surface area contributed by atoms with Crippen LogP contribution in [0.3, 0.4) is 0 Å². The van der Waals surface area contributed by atoms with Gasteiger partial charge in [0.1, 0.15) is 7.49 Å². The van der Waals surface area contributed by atoms with Gasteiger partial charge in [-0.25, -0.2) is 4.52 Å². The molecule has 2 atom stereocenters. The van der Waals surface area contributed by atoms with Crippen LogP contribution in [0.2, 0.25) is 0 Å². The fourth-order valence-corrected chi connectivity index (χ4v) is 5.09. The van der Waals surface area contributed by atoms with Gasteiger partial charge in [-0.1, -0.05) is 0 Å². The molecular formula is C9H20OP+. The van der Waals surface area contributed by atoms with Gasteiger partial charge in [0, 0.05) is 0 Å². The minimum absolute atomic E-state index is 0.425. The van der Waals surface area contributed by atoms with Gasteiger partial charge in [-0.15, -0.1) is 0 Å². The summed E-state index contributed by atoms with van der Waals surface area (Å²) in [6.07, 6.45) is 4.55. The second kappa shape index (κ2) is 3.41. The van der Waals surface area contributed by atoms with Crippen LogP contribution >= 0.6 is 7.49 Å². The van der Waals surface area contributed by atoms with E-state index in [1.165, 1.54) is 19.0 Å². The van der Waals surface area contributed by atoms with Crippen LogP contribution in [0.1, 0.15) is 33.6 Å². The minimum atomic E-state index is -0.967. The molecule has 0 aromatic heterocycles. The first-order valence-corrected chi connectivity index (χ1v) is 6.99. The van der Waals surface area contributed by atoms with Gasteiger partial charge in [0.25, 0.3) is 0 Å². The smallest absolute Gasteiger partial charge is 0.145 e. The Kier molecular flexibility index (Phi) is 2.94. The van der Waals surface area contributed by atoms with Crippen molar-refractivity contribution in [3.8, 4) is 0 Å². The molecule has 0 N–H and O–H groups in total. The van der Waals surface area contributed by atoms with Crippen LogP contribution in [0.15, 0.2) is 0 Å². The lowest BCUT2D eigenvalue weighted by Crippen LogP contribution is -2.11. The topological polar surface area (TPSA) is 9.23 Å². The maximum atomic E-state index is 6.02. The van der Waals surface area contributed by atoms with E-state index in [0.717, 1.165) is 5.66 Å². The van der Waals surface area contributed by atoms with Crippen LogP contribution in [0.25, 0.3) is 0 Å². The molecule has 1 saturated heterocycles. The molecule has 0 saturated carbocycles. The summed E-state index contributed by atoms with van der Waals surface area (Å²) in [5, 5.41) is 0. The third kappa shape index (κ3) is 2.16. The lowest BCUT2D eigenvalue weighted by Gasteiger charge is -2.22. The summed E-state index contributed by atoms with van der Waals surface area (Å²) in [5.74, 6) is 0. The first-order chi connectivity index (χ1) is 5.04. The van der Waals surface area contributed by atoms with E-state index in [4.69, 9.17) is 4.52 Å². The molecule has 2 unspecified atom stereocenters. The Bertz CT molecular complexity index is 136. The summed E-state index contributed by atoms with van der Waals surface area (Å²) < 4.78 is 6.02. The molecular weight excluding hydrogens is 155 g/mol. The maximum absolute atomic E-state index is 6.02. The highest BCUT2D eigenvalue weighted by atomic mass is 31.2. The summed E-state index contributed by atoms with van der Waals surface area (Å²) in [6.45, 7) is 9.01. The predicted molar refractivity (Wildman–Crippen MR) is 52.6 cm³/mol. The number of hydrogen-bond donors (Lipinski definition) is 0. The molecule has 0 radical (unpaired) electrons. The maximum Gasteiger partial charge on any atom is 0.145 e. The van der Waals surface area contributed by atoms with Gasteiger partial charge in [-0.2, -0.15) is 0 Å². The Hall–Kier alpha value is 0.390. The molecule has 0 spiro atoms. The van der Waals surface area contributed by atoms with Crippen molar-refractivity contribution >= 4 is 7.49 Å². The molecule has 66 valence electrons. The Morgan fingerprint density at radius 3 is 2.45 bits per heavy atom. The summed E-state index contributed by atoms with van der Waals surface area (Å²) >= 11 is 0. The molecule has 0 aromatic carbocycles. The molecule has 0 amide bonds. The second-order valence-electron chi connectivity index (χ2n) is 4.04. The SMILES string of the molecule is CC(C)O[P+]1(C)CCCC1C. The molecule has 0 bridgehead atoms. The van der Waals surface area contributed by atoms with E-state index < -0.39 is 7.49 Å². The fraction of sp³-hybridized carbons (Fsp3) is 1.00. The molecule has 2 heteroatoms. The van der Waals surface area contributed by atoms with Crippen LogP contribution in [-0.4, -0.2) is 24.6 Å². The van der Waals surface area contributed by atoms with E-state index in [9.17, 15) is 0 Å². The van der Waals surface area contributed by atoms with Gasteiger partial charge in [0.05, 0.1) is 24.6 Å². The predicted octanol–water partition coefficient (Wildman–Crippen LogP) is 3.16. The van der Waals surface area contributed by atoms with Crippen molar-refractivity contribution in [2.24, 2.45) is 0 Å². The van der Waals surface area contributed by atoms with Crippen molar-refractivity contribution < 1.29 is 4.52 Å². The van der Waals surface area contributed by atoms with E-state index >= 15 is 0 Å². The minimum Gasteiger partial charge on any atom is -0.236 e. The zero-order chi connectivity index (χ0) is 8.48. The highest BCUT2D eigenvalue weighted by Gasteiger charge is 2.45. The average Bonchev–Trinajstić information content (AvgIpc) is 2.11. The summed E-state index contributed by atoms with van der Waals surface area (Å²) in [4.78, 5) is 0. The van der Waals surface area contributed by atoms with Crippen molar-refractivity contribution in [2.45, 2.75) is 45.4 Å². The fourth-order valence-electron chi connectivity index (χ4n) is 1.83. The molecule has 0 aliphatic carbocycles. The van der Waals surface area contributed by atoms with E-state index in [1.807, 2.05) is 0 Å². The standard InChI is InChI=1S/C9H20OP/c1-8(2)10-11(4)7-5-6-9(11)3/h8-9H,5-7H2,1-4H3/q+1. The Morgan fingerprint density at radius 1 is 1.45 bits per heavy atom. The van der Waals surface area contributed by atoms with Crippen LogP contribution in [0.5, 0.6) is 0 Å². The third-order valence-corrected chi connectivity index (χ3v) is 6.84. The molecule has 1 fully saturated rings. The van der Waals surface area contributed by atoms with Gasteiger partial charge >= 0.3 is 0 Å². The first kappa shape index (κ1) is 9.48. The zero-order valence-corrected chi connectivity index (χ0v) is 9.03. The third-order valence-electron chi connectivity index (χ3n) is 2.61. The lowest BCUT2D eigenvalue weighted by molar-refractivity contribution is 0.261. The van der Waals surface area contributed by atoms with Gasteiger partial charge in [-0.05, 0) is 33.6 Å². The monoisotopic (exact) mass is 175 g/mol. The summed E-state index contributed by atoms with van der Waals surface area (Å²) in [5.41, 5.74) is 0.852. The van der Waals surface area contributed by atoms with Gasteiger partial charge in [0.2, 0.25) is 0 Å². The Balaban J connectivity index is 2.51. The van der Waals surface area contributed by atoms with Crippen LogP contribution < -0.4 is 0 Å². The quantitative estimate of drug-likeness (QED) is 0.586. The highest BCUT2D eigenvalue weighted by molar-refractivity contribution is 7.71. The van der Waals surface area contributed by atoms with Crippen molar-refractivity contribution in [3.05, 3.63) is 0 Å². The highest BCUT2D eigenvalue weighted by Crippen LogP contribution is 2.66. The van der Waals surface area contributed by atoms with Gasteiger partial charge in [-0.3, -0.25) is 0 Å². The van der Waals surface area contributed by atoms with E-state index in [1.54, 1.807) is 0 Å². The molecule has 1 heterocycles. The van der Waals surface area contributed by atoms with Crippen molar-refractivity contribution in [1.29, 1.82) is 0 Å². The molecule has 1 aliphatic heterocycles. The summed E-state index contributed by atoms with van der Waals surface area (Å²) in [7, 11) is -0.967. The number of rotatable bonds is 2. The first-order valence-electron chi connectivity index (χ1n) is 4.58. The molecule has 1 nitrogen and oxygen atoms in total. The molecule has 0 aromatic rings. The van der Waals surface area contributed by atoms with Crippen molar-refractivity contribution in [1.82, 2.24) is 0 Å². The van der Waals surface area contributed by atoms with E-state index in [0.29, 0.717) is 6.10 Å². The largest absolute Gasteiger partial charge is 0.236 e.